The maximum atomic E-state index is 3.64. The molecule has 4 nitrogen and oxygen atoms in total. The molecule has 0 amide bonds. The van der Waals surface area contributed by atoms with Gasteiger partial charge in [-0.05, 0) is 46.3 Å². The van der Waals surface area contributed by atoms with E-state index in [0.29, 0.717) is 12.1 Å². The first-order valence-corrected chi connectivity index (χ1v) is 8.31. The van der Waals surface area contributed by atoms with Crippen LogP contribution < -0.4 is 10.6 Å². The number of likely N-dealkylation sites (N-methyl/N-ethyl adjacent to an activating group) is 1. The van der Waals surface area contributed by atoms with Gasteiger partial charge in [0.15, 0.2) is 0 Å². The van der Waals surface area contributed by atoms with Crippen LogP contribution >= 0.6 is 0 Å². The highest BCUT2D eigenvalue weighted by molar-refractivity contribution is 4.79. The largest absolute Gasteiger partial charge is 0.313 e. The van der Waals surface area contributed by atoms with Gasteiger partial charge in [0.1, 0.15) is 0 Å². The molecule has 1 saturated heterocycles. The van der Waals surface area contributed by atoms with Crippen LogP contribution in [0, 0.1) is 5.92 Å². The van der Waals surface area contributed by atoms with Crippen molar-refractivity contribution in [3.63, 3.8) is 0 Å². The summed E-state index contributed by atoms with van der Waals surface area (Å²) in [7, 11) is 4.26. The third kappa shape index (κ3) is 8.20. The Kier molecular flexibility index (Phi) is 8.69. The molecule has 1 aliphatic heterocycles. The summed E-state index contributed by atoms with van der Waals surface area (Å²) in [5.74, 6) is 0.885. The quantitative estimate of drug-likeness (QED) is 0.632. The Morgan fingerprint density at radius 1 is 1.15 bits per heavy atom. The van der Waals surface area contributed by atoms with Crippen LogP contribution in [-0.4, -0.2) is 75.2 Å². The van der Waals surface area contributed by atoms with Crippen molar-refractivity contribution >= 4 is 0 Å². The van der Waals surface area contributed by atoms with Gasteiger partial charge in [-0.2, -0.15) is 0 Å². The normalized spacial score (nSPS) is 22.1. The lowest BCUT2D eigenvalue weighted by atomic mass is 10.00. The zero-order valence-electron chi connectivity index (χ0n) is 14.3. The molecule has 2 unspecified atom stereocenters. The van der Waals surface area contributed by atoms with Crippen LogP contribution in [0.3, 0.4) is 0 Å². The molecule has 0 radical (unpaired) electrons. The lowest BCUT2D eigenvalue weighted by Gasteiger charge is -2.20. The van der Waals surface area contributed by atoms with Crippen LogP contribution in [0.5, 0.6) is 0 Å². The summed E-state index contributed by atoms with van der Waals surface area (Å²) in [6.45, 7) is 13.9. The van der Waals surface area contributed by atoms with Crippen molar-refractivity contribution in [2.45, 2.75) is 45.7 Å². The molecule has 0 aromatic rings. The van der Waals surface area contributed by atoms with Crippen LogP contribution in [0.15, 0.2) is 0 Å². The van der Waals surface area contributed by atoms with E-state index in [1.54, 1.807) is 0 Å². The Balaban J connectivity index is 2.07. The van der Waals surface area contributed by atoms with Gasteiger partial charge in [0.05, 0.1) is 0 Å². The Bertz CT molecular complexity index is 243. The second-order valence-corrected chi connectivity index (χ2v) is 6.96. The van der Waals surface area contributed by atoms with Gasteiger partial charge in [0, 0.05) is 44.8 Å². The van der Waals surface area contributed by atoms with Gasteiger partial charge >= 0.3 is 0 Å². The maximum absolute atomic E-state index is 3.64. The third-order valence-electron chi connectivity index (χ3n) is 4.09. The Labute approximate surface area is 126 Å². The van der Waals surface area contributed by atoms with Crippen LogP contribution in [0.4, 0.5) is 0 Å². The van der Waals surface area contributed by atoms with E-state index < -0.39 is 0 Å². The standard InChI is InChI=1S/C16H36N4/c1-14(2)17-8-11-20-9-6-16(13-20)12-15(3)18-7-10-19(4)5/h14-18H,6-13H2,1-5H3. The van der Waals surface area contributed by atoms with E-state index in [4.69, 9.17) is 0 Å². The molecule has 4 heteroatoms. The molecule has 0 saturated carbocycles. The molecule has 20 heavy (non-hydrogen) atoms. The number of likely N-dealkylation sites (tertiary alicyclic amines) is 1. The summed E-state index contributed by atoms with van der Waals surface area (Å²) in [5.41, 5.74) is 0. The zero-order chi connectivity index (χ0) is 15.0. The van der Waals surface area contributed by atoms with Crippen LogP contribution in [0.25, 0.3) is 0 Å². The zero-order valence-corrected chi connectivity index (χ0v) is 14.3. The highest BCUT2D eigenvalue weighted by Gasteiger charge is 2.23. The second kappa shape index (κ2) is 9.72. The molecule has 1 rings (SSSR count). The molecule has 1 aliphatic rings. The van der Waals surface area contributed by atoms with Gasteiger partial charge in [-0.1, -0.05) is 13.8 Å². The molecule has 0 spiro atoms. The number of nitrogens with one attached hydrogen (secondary N) is 2. The van der Waals surface area contributed by atoms with E-state index in [9.17, 15) is 0 Å². The fraction of sp³-hybridized carbons (Fsp3) is 1.00. The predicted octanol–water partition coefficient (Wildman–Crippen LogP) is 1.24. The van der Waals surface area contributed by atoms with Crippen LogP contribution in [-0.2, 0) is 0 Å². The number of rotatable bonds is 10. The molecule has 120 valence electrons. The topological polar surface area (TPSA) is 30.5 Å². The molecule has 0 aromatic carbocycles. The second-order valence-electron chi connectivity index (χ2n) is 6.96. The molecular weight excluding hydrogens is 248 g/mol. The van der Waals surface area contributed by atoms with E-state index in [1.807, 2.05) is 0 Å². The van der Waals surface area contributed by atoms with Crippen molar-refractivity contribution in [2.75, 3.05) is 53.4 Å². The van der Waals surface area contributed by atoms with E-state index >= 15 is 0 Å². The Morgan fingerprint density at radius 3 is 2.55 bits per heavy atom. The highest BCUT2D eigenvalue weighted by Crippen LogP contribution is 2.20. The summed E-state index contributed by atoms with van der Waals surface area (Å²) in [5, 5.41) is 7.15. The molecule has 0 aromatic heterocycles. The fourth-order valence-electron chi connectivity index (χ4n) is 2.94. The predicted molar refractivity (Wildman–Crippen MR) is 88.3 cm³/mol. The number of hydrogen-bond donors (Lipinski definition) is 2. The first-order valence-electron chi connectivity index (χ1n) is 8.31. The lowest BCUT2D eigenvalue weighted by molar-refractivity contribution is 0.305. The van der Waals surface area contributed by atoms with E-state index in [1.165, 1.54) is 32.5 Å². The molecule has 0 aliphatic carbocycles. The van der Waals surface area contributed by atoms with Crippen molar-refractivity contribution in [1.29, 1.82) is 0 Å². The molecular formula is C16H36N4. The number of nitrogens with zero attached hydrogens (tertiary/aromatic N) is 2. The average molecular weight is 284 g/mol. The minimum atomic E-state index is 0.606. The minimum absolute atomic E-state index is 0.606. The number of hydrogen-bond acceptors (Lipinski definition) is 4. The van der Waals surface area contributed by atoms with Crippen molar-refractivity contribution in [2.24, 2.45) is 5.92 Å². The highest BCUT2D eigenvalue weighted by atomic mass is 15.2. The average Bonchev–Trinajstić information content (AvgIpc) is 2.75. The van der Waals surface area contributed by atoms with E-state index in [0.717, 1.165) is 25.6 Å². The smallest absolute Gasteiger partial charge is 0.0107 e. The van der Waals surface area contributed by atoms with Gasteiger partial charge in [0.25, 0.3) is 0 Å². The van der Waals surface area contributed by atoms with Gasteiger partial charge in [-0.15, -0.1) is 0 Å². The van der Waals surface area contributed by atoms with Crippen molar-refractivity contribution in [3.05, 3.63) is 0 Å². The van der Waals surface area contributed by atoms with Gasteiger partial charge < -0.3 is 20.4 Å². The lowest BCUT2D eigenvalue weighted by Crippen LogP contribution is -2.35. The third-order valence-corrected chi connectivity index (χ3v) is 4.09. The Morgan fingerprint density at radius 2 is 1.90 bits per heavy atom. The van der Waals surface area contributed by atoms with Crippen molar-refractivity contribution in [3.8, 4) is 0 Å². The molecule has 2 N–H and O–H groups in total. The summed E-state index contributed by atoms with van der Waals surface area (Å²) >= 11 is 0. The Hall–Kier alpha value is -0.160. The van der Waals surface area contributed by atoms with Gasteiger partial charge in [-0.25, -0.2) is 0 Å². The van der Waals surface area contributed by atoms with Crippen molar-refractivity contribution < 1.29 is 0 Å². The first kappa shape index (κ1) is 17.9. The summed E-state index contributed by atoms with van der Waals surface area (Å²) in [4.78, 5) is 4.85. The van der Waals surface area contributed by atoms with Gasteiger partial charge in [-0.3, -0.25) is 0 Å². The minimum Gasteiger partial charge on any atom is -0.313 e. The summed E-state index contributed by atoms with van der Waals surface area (Å²) < 4.78 is 0. The molecule has 0 bridgehead atoms. The summed E-state index contributed by atoms with van der Waals surface area (Å²) in [6.07, 6.45) is 2.70. The SMILES string of the molecule is CC(C)NCCN1CCC(CC(C)NCCN(C)C)C1. The van der Waals surface area contributed by atoms with Gasteiger partial charge in [0.2, 0.25) is 0 Å². The molecule has 2 atom stereocenters. The fourth-order valence-corrected chi connectivity index (χ4v) is 2.94. The molecule has 1 fully saturated rings. The van der Waals surface area contributed by atoms with E-state index in [2.05, 4.69) is 55.3 Å². The van der Waals surface area contributed by atoms with Crippen molar-refractivity contribution in [1.82, 2.24) is 20.4 Å². The first-order chi connectivity index (χ1) is 9.47. The van der Waals surface area contributed by atoms with Crippen LogP contribution in [0.1, 0.15) is 33.6 Å². The summed E-state index contributed by atoms with van der Waals surface area (Å²) in [6, 6.07) is 1.25. The monoisotopic (exact) mass is 284 g/mol. The molecule has 1 heterocycles. The van der Waals surface area contributed by atoms with E-state index in [-0.39, 0.29) is 0 Å². The maximum Gasteiger partial charge on any atom is 0.0107 e. The van der Waals surface area contributed by atoms with Crippen LogP contribution in [0.2, 0.25) is 0 Å².